The van der Waals surface area contributed by atoms with Gasteiger partial charge >= 0.3 is 0 Å². The summed E-state index contributed by atoms with van der Waals surface area (Å²) in [6.07, 6.45) is 0.626. The predicted octanol–water partition coefficient (Wildman–Crippen LogP) is 3.73. The monoisotopic (exact) mass is 355 g/mol. The van der Waals surface area contributed by atoms with Crippen molar-refractivity contribution in [3.63, 3.8) is 0 Å². The van der Waals surface area contributed by atoms with E-state index < -0.39 is 21.4 Å². The van der Waals surface area contributed by atoms with Crippen molar-refractivity contribution in [2.45, 2.75) is 67.3 Å². The number of hydrogen-bond acceptors (Lipinski definition) is 3. The number of rotatable bonds is 5. The topological polar surface area (TPSA) is 74.7 Å². The van der Waals surface area contributed by atoms with Crippen LogP contribution in [0.1, 0.15) is 61.8 Å². The second-order valence-electron chi connectivity index (χ2n) is 8.84. The van der Waals surface area contributed by atoms with E-state index in [1.807, 2.05) is 41.5 Å². The zero-order chi connectivity index (χ0) is 18.1. The van der Waals surface area contributed by atoms with Gasteiger partial charge in [-0.05, 0) is 31.1 Å². The van der Waals surface area contributed by atoms with Gasteiger partial charge in [0.05, 0.1) is 11.3 Å². The normalized spacial score (nSPS) is 15.5. The second-order valence-corrected chi connectivity index (χ2v) is 10.6. The number of carbonyl (C=O) groups is 1. The maximum atomic E-state index is 12.8. The molecular formula is C15H30ClNO4S. The van der Waals surface area contributed by atoms with Gasteiger partial charge in [-0.3, -0.25) is 9.35 Å². The molecule has 0 aromatic rings. The molecule has 0 aliphatic heterocycles. The van der Waals surface area contributed by atoms with E-state index in [1.54, 1.807) is 0 Å². The molecule has 0 heterocycles. The van der Waals surface area contributed by atoms with Gasteiger partial charge in [-0.25, -0.2) is 4.42 Å². The molecule has 1 amide bonds. The van der Waals surface area contributed by atoms with Crippen molar-refractivity contribution in [3.05, 3.63) is 0 Å². The fourth-order valence-corrected chi connectivity index (χ4v) is 3.58. The minimum atomic E-state index is -4.23. The third-order valence-electron chi connectivity index (χ3n) is 3.42. The first-order chi connectivity index (χ1) is 9.37. The third kappa shape index (κ3) is 7.29. The Bertz CT molecular complexity index is 501. The molecule has 0 aliphatic carbocycles. The molecule has 22 heavy (non-hydrogen) atoms. The Balaban J connectivity index is 5.48. The van der Waals surface area contributed by atoms with Crippen molar-refractivity contribution in [1.82, 2.24) is 4.42 Å². The molecule has 0 rings (SSSR count). The summed E-state index contributed by atoms with van der Waals surface area (Å²) >= 11 is 6.17. The average Bonchev–Trinajstić information content (AvgIpc) is 2.17. The molecule has 7 heteroatoms. The van der Waals surface area contributed by atoms with Gasteiger partial charge in [0.2, 0.25) is 5.91 Å². The zero-order valence-corrected chi connectivity index (χ0v) is 16.5. The Labute approximate surface area is 140 Å². The molecule has 0 bridgehead atoms. The molecule has 132 valence electrons. The van der Waals surface area contributed by atoms with Crippen LogP contribution in [0.25, 0.3) is 0 Å². The van der Waals surface area contributed by atoms with E-state index in [-0.39, 0.29) is 22.7 Å². The van der Waals surface area contributed by atoms with Gasteiger partial charge in [-0.15, -0.1) is 0 Å². The molecule has 0 aliphatic rings. The van der Waals surface area contributed by atoms with Crippen LogP contribution < -0.4 is 0 Å². The first-order valence-electron chi connectivity index (χ1n) is 7.32. The first kappa shape index (κ1) is 21.7. The van der Waals surface area contributed by atoms with Crippen LogP contribution >= 0.6 is 11.8 Å². The van der Waals surface area contributed by atoms with E-state index in [2.05, 4.69) is 0 Å². The smallest absolute Gasteiger partial charge is 0.267 e. The molecule has 1 unspecified atom stereocenters. The lowest BCUT2D eigenvalue weighted by atomic mass is 9.71. The summed E-state index contributed by atoms with van der Waals surface area (Å²) in [5.41, 5.74) is -1.59. The molecule has 0 saturated heterocycles. The minimum Gasteiger partial charge on any atom is -0.285 e. The van der Waals surface area contributed by atoms with Gasteiger partial charge in [0.1, 0.15) is 0 Å². The highest BCUT2D eigenvalue weighted by molar-refractivity contribution is 7.85. The molecule has 0 radical (unpaired) electrons. The summed E-state index contributed by atoms with van der Waals surface area (Å²) in [6.45, 7) is 15.0. The summed E-state index contributed by atoms with van der Waals surface area (Å²) in [5.74, 6) is -1.29. The van der Waals surface area contributed by atoms with Crippen LogP contribution in [0, 0.1) is 16.7 Å². The highest BCUT2D eigenvalue weighted by atomic mass is 35.5. The Hall–Kier alpha value is -0.330. The lowest BCUT2D eigenvalue weighted by Crippen LogP contribution is -2.50. The van der Waals surface area contributed by atoms with E-state index in [9.17, 15) is 13.2 Å². The van der Waals surface area contributed by atoms with Crippen molar-refractivity contribution in [1.29, 1.82) is 0 Å². The quantitative estimate of drug-likeness (QED) is 0.602. The van der Waals surface area contributed by atoms with Crippen LogP contribution in [-0.2, 0) is 14.9 Å². The lowest BCUT2D eigenvalue weighted by Gasteiger charge is -2.40. The second kappa shape index (κ2) is 6.65. The van der Waals surface area contributed by atoms with Crippen molar-refractivity contribution in [2.75, 3.05) is 5.75 Å². The Morgan fingerprint density at radius 1 is 1.09 bits per heavy atom. The number of halogens is 1. The van der Waals surface area contributed by atoms with Crippen LogP contribution in [0.15, 0.2) is 0 Å². The van der Waals surface area contributed by atoms with Crippen molar-refractivity contribution < 1.29 is 17.8 Å². The Kier molecular flexibility index (Phi) is 6.55. The van der Waals surface area contributed by atoms with Crippen molar-refractivity contribution in [2.24, 2.45) is 16.7 Å². The van der Waals surface area contributed by atoms with Crippen LogP contribution in [0.5, 0.6) is 0 Å². The number of nitrogens with zero attached hydrogens (tertiary/aromatic N) is 1. The fourth-order valence-electron chi connectivity index (χ4n) is 2.31. The van der Waals surface area contributed by atoms with Crippen molar-refractivity contribution >= 4 is 27.8 Å². The number of hydrogen-bond donors (Lipinski definition) is 1. The molecule has 1 atom stereocenters. The summed E-state index contributed by atoms with van der Waals surface area (Å²) in [4.78, 5) is 12.8. The standard InChI is InChI=1S/C15H30ClNO4S/c1-13(2,3)9-11(14(4,5)6)12(18)17(16)15(7,8)10-22(19,20)21/h11H,9-10H2,1-8H3,(H,19,20,21). The highest BCUT2D eigenvalue weighted by Gasteiger charge is 2.42. The highest BCUT2D eigenvalue weighted by Crippen LogP contribution is 2.39. The summed E-state index contributed by atoms with van der Waals surface area (Å²) < 4.78 is 32.2. The van der Waals surface area contributed by atoms with E-state index in [0.717, 1.165) is 4.42 Å². The van der Waals surface area contributed by atoms with E-state index >= 15 is 0 Å². The molecule has 0 saturated carbocycles. The molecule has 0 aromatic carbocycles. The van der Waals surface area contributed by atoms with Gasteiger partial charge < -0.3 is 0 Å². The fraction of sp³-hybridized carbons (Fsp3) is 0.933. The Morgan fingerprint density at radius 3 is 1.77 bits per heavy atom. The third-order valence-corrected chi connectivity index (χ3v) is 5.12. The summed E-state index contributed by atoms with van der Waals surface area (Å²) in [5, 5.41) is 0. The number of carbonyl (C=O) groups excluding carboxylic acids is 1. The molecular weight excluding hydrogens is 326 g/mol. The minimum absolute atomic E-state index is 0.0709. The summed E-state index contributed by atoms with van der Waals surface area (Å²) in [7, 11) is -4.23. The van der Waals surface area contributed by atoms with Gasteiger partial charge in [0, 0.05) is 17.7 Å². The van der Waals surface area contributed by atoms with E-state index in [1.165, 1.54) is 13.8 Å². The molecule has 0 spiro atoms. The van der Waals surface area contributed by atoms with Crippen LogP contribution in [0.3, 0.4) is 0 Å². The molecule has 5 nitrogen and oxygen atoms in total. The zero-order valence-electron chi connectivity index (χ0n) is 14.9. The largest absolute Gasteiger partial charge is 0.285 e. The molecule has 1 N–H and O–H groups in total. The van der Waals surface area contributed by atoms with Crippen LogP contribution in [-0.4, -0.2) is 34.6 Å². The Morgan fingerprint density at radius 2 is 1.50 bits per heavy atom. The summed E-state index contributed by atoms with van der Waals surface area (Å²) in [6, 6.07) is 0. The average molecular weight is 356 g/mol. The van der Waals surface area contributed by atoms with Gasteiger partial charge in [-0.1, -0.05) is 41.5 Å². The van der Waals surface area contributed by atoms with Crippen molar-refractivity contribution in [3.8, 4) is 0 Å². The molecule has 0 aromatic heterocycles. The predicted molar refractivity (Wildman–Crippen MR) is 90.2 cm³/mol. The van der Waals surface area contributed by atoms with Crippen LogP contribution in [0.2, 0.25) is 0 Å². The lowest BCUT2D eigenvalue weighted by molar-refractivity contribution is -0.138. The maximum absolute atomic E-state index is 12.8. The van der Waals surface area contributed by atoms with Gasteiger partial charge in [-0.2, -0.15) is 8.42 Å². The SMILES string of the molecule is CC(C)(C)CC(C(=O)N(Cl)C(C)(C)CS(=O)(=O)O)C(C)(C)C. The number of amides is 1. The van der Waals surface area contributed by atoms with Gasteiger partial charge in [0.25, 0.3) is 10.1 Å². The van der Waals surface area contributed by atoms with E-state index in [4.69, 9.17) is 16.3 Å². The van der Waals surface area contributed by atoms with E-state index in [0.29, 0.717) is 6.42 Å². The van der Waals surface area contributed by atoms with Gasteiger partial charge in [0.15, 0.2) is 0 Å². The maximum Gasteiger partial charge on any atom is 0.267 e. The first-order valence-corrected chi connectivity index (χ1v) is 9.26. The van der Waals surface area contributed by atoms with Crippen LogP contribution in [0.4, 0.5) is 0 Å². The molecule has 0 fully saturated rings.